The Hall–Kier alpha value is -0.0800. The molecular weight excluding hydrogens is 227 g/mol. The van der Waals surface area contributed by atoms with Crippen LogP contribution in [0.5, 0.6) is 0 Å². The highest BCUT2D eigenvalue weighted by Crippen LogP contribution is 2.34. The van der Waals surface area contributed by atoms with Crippen molar-refractivity contribution in [2.75, 3.05) is 0 Å². The number of halogens is 2. The van der Waals surface area contributed by atoms with Crippen LogP contribution in [-0.2, 0) is 4.79 Å². The molecule has 0 heterocycles. The van der Waals surface area contributed by atoms with E-state index in [1.807, 2.05) is 19.3 Å². The molecule has 0 amide bonds. The summed E-state index contributed by atoms with van der Waals surface area (Å²) in [6.07, 6.45) is 7.15. The summed E-state index contributed by atoms with van der Waals surface area (Å²) in [6.45, 7) is 1.84. The summed E-state index contributed by atoms with van der Waals surface area (Å²) in [7, 11) is 0. The molecule has 2 unspecified atom stereocenters. The minimum absolute atomic E-state index is 0.140. The van der Waals surface area contributed by atoms with E-state index >= 15 is 0 Å². The van der Waals surface area contributed by atoms with Crippen LogP contribution in [0.3, 0.4) is 0 Å². The molecule has 2 atom stereocenters. The molecule has 1 nitrogen and oxygen atoms in total. The van der Waals surface area contributed by atoms with Gasteiger partial charge in [0, 0.05) is 5.57 Å². The van der Waals surface area contributed by atoms with E-state index in [-0.39, 0.29) is 4.83 Å². The van der Waals surface area contributed by atoms with Gasteiger partial charge in [-0.15, -0.1) is 11.6 Å². The van der Waals surface area contributed by atoms with Crippen molar-refractivity contribution in [3.05, 3.63) is 23.8 Å². The van der Waals surface area contributed by atoms with E-state index in [9.17, 15) is 4.79 Å². The number of carbonyl (C=O) groups excluding carboxylic acids is 1. The molecule has 1 radical (unpaired) electrons. The predicted octanol–water partition coefficient (Wildman–Crippen LogP) is 2.35. The van der Waals surface area contributed by atoms with Gasteiger partial charge in [-0.3, -0.25) is 4.79 Å². The van der Waals surface area contributed by atoms with Gasteiger partial charge in [0.1, 0.15) is 0 Å². The number of hydrogen-bond donors (Lipinski definition) is 0. The van der Waals surface area contributed by atoms with Crippen molar-refractivity contribution in [1.82, 2.24) is 0 Å². The first-order valence-electron chi connectivity index (χ1n) is 3.18. The molecule has 0 aromatic heterocycles. The van der Waals surface area contributed by atoms with Crippen LogP contribution >= 0.6 is 27.5 Å². The van der Waals surface area contributed by atoms with Gasteiger partial charge in [-0.2, -0.15) is 0 Å². The number of alkyl halides is 2. The van der Waals surface area contributed by atoms with Gasteiger partial charge in [0.05, 0.1) is 9.70 Å². The molecule has 0 aromatic carbocycles. The first-order chi connectivity index (χ1) is 5.08. The standard InChI is InChI=1S/C8H7BrClO/c1-8(10)4-2-3-6(5-11)7(8)9/h2-4,7H,1H3. The van der Waals surface area contributed by atoms with Crippen molar-refractivity contribution in [1.29, 1.82) is 0 Å². The lowest BCUT2D eigenvalue weighted by molar-refractivity contribution is 0.559. The summed E-state index contributed by atoms with van der Waals surface area (Å²) in [5, 5.41) is 0. The number of hydrogen-bond acceptors (Lipinski definition) is 1. The molecule has 0 N–H and O–H groups in total. The van der Waals surface area contributed by atoms with Crippen molar-refractivity contribution in [2.24, 2.45) is 0 Å². The Kier molecular flexibility index (Phi) is 2.55. The third kappa shape index (κ3) is 1.74. The molecule has 0 spiro atoms. The number of rotatable bonds is 1. The summed E-state index contributed by atoms with van der Waals surface area (Å²) >= 11 is 9.36. The van der Waals surface area contributed by atoms with E-state index < -0.39 is 4.87 Å². The molecule has 0 saturated heterocycles. The van der Waals surface area contributed by atoms with E-state index in [1.54, 1.807) is 12.2 Å². The Balaban J connectivity index is 2.94. The molecule has 0 aliphatic heterocycles. The van der Waals surface area contributed by atoms with Crippen LogP contribution in [0.25, 0.3) is 0 Å². The summed E-state index contributed by atoms with van der Waals surface area (Å²) in [5.74, 6) is 0. The fraction of sp³-hybridized carbons (Fsp3) is 0.375. The second-order valence-corrected chi connectivity index (χ2v) is 4.33. The van der Waals surface area contributed by atoms with Crippen molar-refractivity contribution >= 4 is 33.8 Å². The zero-order valence-electron chi connectivity index (χ0n) is 5.97. The number of allylic oxidation sites excluding steroid dienone is 4. The van der Waals surface area contributed by atoms with E-state index in [4.69, 9.17) is 11.6 Å². The monoisotopic (exact) mass is 233 g/mol. The molecule has 11 heavy (non-hydrogen) atoms. The normalized spacial score (nSPS) is 36.6. The second kappa shape index (κ2) is 3.11. The zero-order chi connectivity index (χ0) is 8.48. The average molecular weight is 234 g/mol. The van der Waals surface area contributed by atoms with Gasteiger partial charge in [0.15, 0.2) is 0 Å². The maximum atomic E-state index is 10.3. The smallest absolute Gasteiger partial charge is 0.230 e. The van der Waals surface area contributed by atoms with E-state index in [0.29, 0.717) is 5.57 Å². The second-order valence-electron chi connectivity index (χ2n) is 2.60. The van der Waals surface area contributed by atoms with Crippen LogP contribution < -0.4 is 0 Å². The molecular formula is C8H7BrClO. The molecule has 0 saturated carbocycles. The summed E-state index contributed by atoms with van der Waals surface area (Å²) in [4.78, 5) is 9.69. The van der Waals surface area contributed by atoms with Gasteiger partial charge in [-0.1, -0.05) is 34.2 Å². The Morgan fingerprint density at radius 3 is 2.91 bits per heavy atom. The lowest BCUT2D eigenvalue weighted by Crippen LogP contribution is -2.30. The maximum Gasteiger partial charge on any atom is 0.230 e. The summed E-state index contributed by atoms with van der Waals surface area (Å²) < 4.78 is 0. The third-order valence-electron chi connectivity index (χ3n) is 1.58. The van der Waals surface area contributed by atoms with Gasteiger partial charge in [-0.25, -0.2) is 0 Å². The molecule has 3 heteroatoms. The van der Waals surface area contributed by atoms with Crippen molar-refractivity contribution in [3.63, 3.8) is 0 Å². The highest BCUT2D eigenvalue weighted by molar-refractivity contribution is 9.09. The topological polar surface area (TPSA) is 17.1 Å². The minimum atomic E-state index is -0.512. The largest absolute Gasteiger partial charge is 0.285 e. The zero-order valence-corrected chi connectivity index (χ0v) is 8.32. The maximum absolute atomic E-state index is 10.3. The van der Waals surface area contributed by atoms with Gasteiger partial charge in [0.2, 0.25) is 6.29 Å². The van der Waals surface area contributed by atoms with Crippen LogP contribution in [0.1, 0.15) is 6.92 Å². The summed E-state index contributed by atoms with van der Waals surface area (Å²) in [5.41, 5.74) is 0.560. The van der Waals surface area contributed by atoms with Gasteiger partial charge < -0.3 is 0 Å². The van der Waals surface area contributed by atoms with Crippen molar-refractivity contribution in [2.45, 2.75) is 16.6 Å². The highest BCUT2D eigenvalue weighted by Gasteiger charge is 2.32. The van der Waals surface area contributed by atoms with Gasteiger partial charge >= 0.3 is 0 Å². The average Bonchev–Trinajstić information content (AvgIpc) is 1.95. The fourth-order valence-corrected chi connectivity index (χ4v) is 1.49. The minimum Gasteiger partial charge on any atom is -0.285 e. The summed E-state index contributed by atoms with van der Waals surface area (Å²) in [6, 6.07) is 0. The van der Waals surface area contributed by atoms with Crippen LogP contribution in [0.15, 0.2) is 23.8 Å². The highest BCUT2D eigenvalue weighted by atomic mass is 79.9. The molecule has 1 aliphatic rings. The first kappa shape index (κ1) is 9.01. The van der Waals surface area contributed by atoms with E-state index in [2.05, 4.69) is 15.9 Å². The van der Waals surface area contributed by atoms with Gasteiger partial charge in [0.25, 0.3) is 0 Å². The SMILES string of the molecule is CC1(Cl)C=CC=C([C]=O)C1Br. The Labute approximate surface area is 79.2 Å². The quantitative estimate of drug-likeness (QED) is 0.637. The van der Waals surface area contributed by atoms with E-state index in [0.717, 1.165) is 0 Å². The molecule has 0 bridgehead atoms. The van der Waals surface area contributed by atoms with Crippen LogP contribution in [0.2, 0.25) is 0 Å². The van der Waals surface area contributed by atoms with Crippen molar-refractivity contribution < 1.29 is 4.79 Å². The lowest BCUT2D eigenvalue weighted by atomic mass is 9.96. The fourth-order valence-electron chi connectivity index (χ4n) is 0.899. The van der Waals surface area contributed by atoms with E-state index in [1.165, 1.54) is 0 Å². The molecule has 59 valence electrons. The van der Waals surface area contributed by atoms with Crippen molar-refractivity contribution in [3.8, 4) is 0 Å². The predicted molar refractivity (Wildman–Crippen MR) is 49.9 cm³/mol. The Bertz CT molecular complexity index is 230. The lowest BCUT2D eigenvalue weighted by Gasteiger charge is -2.26. The van der Waals surface area contributed by atoms with Crippen LogP contribution in [0, 0.1) is 0 Å². The van der Waals surface area contributed by atoms with Gasteiger partial charge in [-0.05, 0) is 6.92 Å². The van der Waals surface area contributed by atoms with Crippen LogP contribution in [0.4, 0.5) is 0 Å². The Morgan fingerprint density at radius 2 is 2.45 bits per heavy atom. The third-order valence-corrected chi connectivity index (χ3v) is 3.64. The Morgan fingerprint density at radius 1 is 1.82 bits per heavy atom. The first-order valence-corrected chi connectivity index (χ1v) is 4.48. The molecule has 1 rings (SSSR count). The molecule has 1 aliphatic carbocycles. The molecule has 0 aromatic rings. The van der Waals surface area contributed by atoms with Crippen LogP contribution in [-0.4, -0.2) is 16.0 Å². The molecule has 0 fully saturated rings.